The maximum absolute atomic E-state index is 6.05. The first-order valence-corrected chi connectivity index (χ1v) is 14.3. The van der Waals surface area contributed by atoms with Crippen molar-refractivity contribution in [1.29, 1.82) is 0 Å². The van der Waals surface area contributed by atoms with Gasteiger partial charge in [-0.1, -0.05) is 32.9 Å². The molecule has 2 aliphatic carbocycles. The molecule has 0 saturated carbocycles. The molecule has 0 unspecified atom stereocenters. The third-order valence-corrected chi connectivity index (χ3v) is 8.02. The topological polar surface area (TPSA) is 66.8 Å². The van der Waals surface area contributed by atoms with E-state index in [1.807, 2.05) is 0 Å². The Labute approximate surface area is 239 Å². The van der Waals surface area contributed by atoms with Crippen LogP contribution in [-0.2, 0) is 25.7 Å². The van der Waals surface area contributed by atoms with E-state index in [1.165, 1.54) is 62.7 Å². The number of fused-ring (bicyclic) bond motifs is 2. The van der Waals surface area contributed by atoms with Crippen molar-refractivity contribution < 1.29 is 0 Å². The molecule has 2 fully saturated rings. The lowest BCUT2D eigenvalue weighted by Crippen LogP contribution is -2.38. The fourth-order valence-corrected chi connectivity index (χ4v) is 6.11. The van der Waals surface area contributed by atoms with E-state index in [9.17, 15) is 0 Å². The van der Waals surface area contributed by atoms with Crippen molar-refractivity contribution in [3.05, 3.63) is 38.2 Å². The summed E-state index contributed by atoms with van der Waals surface area (Å²) >= 11 is 17.5. The summed E-state index contributed by atoms with van der Waals surface area (Å²) in [6.45, 7) is 6.89. The Hall–Kier alpha value is -1.21. The fourth-order valence-electron chi connectivity index (χ4n) is 5.42. The number of hydrogen-bond donors (Lipinski definition) is 1. The number of piperidine rings is 2. The Kier molecular flexibility index (Phi) is 13.3. The molecule has 4 aliphatic rings. The smallest absolute Gasteiger partial charge is 0.224 e. The number of hydrogen-bond acceptors (Lipinski definition) is 6. The summed E-state index contributed by atoms with van der Waals surface area (Å²) in [4.78, 5) is 19.2. The highest BCUT2D eigenvalue weighted by atomic mass is 35.5. The van der Waals surface area contributed by atoms with E-state index < -0.39 is 0 Å². The van der Waals surface area contributed by atoms with Crippen molar-refractivity contribution in [2.75, 3.05) is 18.0 Å². The van der Waals surface area contributed by atoms with Gasteiger partial charge in [0.1, 0.15) is 11.0 Å². The van der Waals surface area contributed by atoms with Crippen LogP contribution in [0.25, 0.3) is 0 Å². The Morgan fingerprint density at radius 2 is 1.32 bits per heavy atom. The van der Waals surface area contributed by atoms with Crippen LogP contribution in [-0.4, -0.2) is 45.1 Å². The summed E-state index contributed by atoms with van der Waals surface area (Å²) in [5.41, 5.74) is 4.63. The molecule has 4 heterocycles. The second kappa shape index (κ2) is 15.4. The van der Waals surface area contributed by atoms with E-state index in [1.54, 1.807) is 0 Å². The Morgan fingerprint density at radius 3 is 1.92 bits per heavy atom. The van der Waals surface area contributed by atoms with Gasteiger partial charge in [-0.25, -0.2) is 19.9 Å². The molecular weight excluding hydrogens is 527 g/mol. The molecular formula is C28H45Cl3N6. The molecule has 0 amide bonds. The van der Waals surface area contributed by atoms with Gasteiger partial charge in [0, 0.05) is 29.8 Å². The van der Waals surface area contributed by atoms with Gasteiger partial charge in [-0.15, -0.1) is 0 Å². The second-order valence-electron chi connectivity index (χ2n) is 10.0. The molecule has 2 atom stereocenters. The normalized spacial score (nSPS) is 21.7. The number of halogens is 3. The first-order chi connectivity index (χ1) is 16.9. The van der Waals surface area contributed by atoms with Gasteiger partial charge in [0.15, 0.2) is 0 Å². The minimum atomic E-state index is 0. The highest BCUT2D eigenvalue weighted by Gasteiger charge is 2.26. The zero-order chi connectivity index (χ0) is 24.8. The van der Waals surface area contributed by atoms with Crippen molar-refractivity contribution in [2.45, 2.75) is 118 Å². The lowest BCUT2D eigenvalue weighted by molar-refractivity contribution is 0.425. The molecule has 2 aromatic heterocycles. The molecule has 2 aliphatic heterocycles. The number of nitrogens with one attached hydrogen (secondary N) is 1. The van der Waals surface area contributed by atoms with Crippen LogP contribution in [0.5, 0.6) is 0 Å². The maximum atomic E-state index is 6.05. The molecule has 6 nitrogen and oxygen atoms in total. The Bertz CT molecular complexity index is 996. The first kappa shape index (κ1) is 32.0. The summed E-state index contributed by atoms with van der Waals surface area (Å²) in [6, 6.07) is 1.37. The zero-order valence-corrected chi connectivity index (χ0v) is 23.2. The number of aromatic nitrogens is 4. The molecule has 2 aromatic rings. The minimum Gasteiger partial charge on any atom is -0.354 e. The largest absolute Gasteiger partial charge is 0.354 e. The van der Waals surface area contributed by atoms with Gasteiger partial charge in [0.05, 0.1) is 11.4 Å². The van der Waals surface area contributed by atoms with Crippen molar-refractivity contribution >= 4 is 40.6 Å². The molecule has 9 heteroatoms. The first-order valence-electron chi connectivity index (χ1n) is 13.2. The standard InChI is InChI=1S/C13H18ClN3.C7H6Cl2N2.C6H13N.2CH4/c1-9-5-2-3-8-17(9)12-10-6-4-7-11(10)15-13(14)16-12;8-6-4-2-1-3-5(4)10-7(9)11-6;1-6-4-2-3-5-7-6;;/h9H,2-8H2,1H3;1-3H2;6-7H,2-5H2,1H3;2*1H4/t9-;;6-;;/m0.0../s1. The summed E-state index contributed by atoms with van der Waals surface area (Å²) < 4.78 is 0. The summed E-state index contributed by atoms with van der Waals surface area (Å²) in [7, 11) is 0. The van der Waals surface area contributed by atoms with Crippen LogP contribution in [0.4, 0.5) is 5.82 Å². The van der Waals surface area contributed by atoms with E-state index in [4.69, 9.17) is 34.8 Å². The van der Waals surface area contributed by atoms with Gasteiger partial charge in [-0.05, 0) is 114 Å². The lowest BCUT2D eigenvalue weighted by Gasteiger charge is -2.35. The van der Waals surface area contributed by atoms with E-state index in [2.05, 4.69) is 44.0 Å². The fraction of sp³-hybridized carbons (Fsp3) is 0.714. The number of aryl methyl sites for hydroxylation is 2. The Balaban J connectivity index is 0.000000208. The van der Waals surface area contributed by atoms with Gasteiger partial charge in [0.2, 0.25) is 10.6 Å². The summed E-state index contributed by atoms with van der Waals surface area (Å²) in [5.74, 6) is 1.12. The molecule has 0 radical (unpaired) electrons. The predicted octanol–water partition coefficient (Wildman–Crippen LogP) is 7.69. The highest BCUT2D eigenvalue weighted by Crippen LogP contribution is 2.33. The van der Waals surface area contributed by atoms with E-state index >= 15 is 0 Å². The van der Waals surface area contributed by atoms with Crippen molar-refractivity contribution in [3.63, 3.8) is 0 Å². The van der Waals surface area contributed by atoms with E-state index in [0.29, 0.717) is 16.5 Å². The molecule has 2 saturated heterocycles. The molecule has 1 N–H and O–H groups in total. The van der Waals surface area contributed by atoms with Gasteiger partial charge in [0.25, 0.3) is 0 Å². The van der Waals surface area contributed by atoms with Gasteiger partial charge in [-0.3, -0.25) is 0 Å². The van der Waals surface area contributed by atoms with Gasteiger partial charge < -0.3 is 10.2 Å². The SMILES string of the molecule is C.C.C[C@H]1CCCCN1.C[C@H]1CCCCN1c1nc(Cl)nc2c1CCC2.Clc1nc(Cl)c2c(n1)CCC2. The third kappa shape index (κ3) is 8.64. The van der Waals surface area contributed by atoms with Crippen LogP contribution in [0, 0.1) is 0 Å². The molecule has 0 aromatic carbocycles. The van der Waals surface area contributed by atoms with E-state index in [0.717, 1.165) is 61.8 Å². The van der Waals surface area contributed by atoms with E-state index in [-0.39, 0.29) is 20.1 Å². The number of nitrogens with zero attached hydrogens (tertiary/aromatic N) is 5. The summed E-state index contributed by atoms with van der Waals surface area (Å²) in [5, 5.41) is 4.58. The van der Waals surface area contributed by atoms with Crippen LogP contribution in [0.2, 0.25) is 15.7 Å². The molecule has 208 valence electrons. The highest BCUT2D eigenvalue weighted by molar-refractivity contribution is 6.32. The predicted molar refractivity (Wildman–Crippen MR) is 159 cm³/mol. The third-order valence-electron chi connectivity index (χ3n) is 7.37. The minimum absolute atomic E-state index is 0. The molecule has 6 rings (SSSR count). The van der Waals surface area contributed by atoms with Crippen molar-refractivity contribution in [1.82, 2.24) is 25.3 Å². The van der Waals surface area contributed by atoms with Gasteiger partial charge >= 0.3 is 0 Å². The van der Waals surface area contributed by atoms with Crippen LogP contribution in [0.1, 0.15) is 103 Å². The van der Waals surface area contributed by atoms with Gasteiger partial charge in [-0.2, -0.15) is 0 Å². The number of rotatable bonds is 1. The van der Waals surface area contributed by atoms with Crippen LogP contribution in [0.15, 0.2) is 0 Å². The zero-order valence-electron chi connectivity index (χ0n) is 20.9. The van der Waals surface area contributed by atoms with Crippen LogP contribution >= 0.6 is 34.8 Å². The number of anilines is 1. The lowest BCUT2D eigenvalue weighted by atomic mass is 10.0. The summed E-state index contributed by atoms with van der Waals surface area (Å²) in [6.07, 6.45) is 14.5. The average Bonchev–Trinajstić information content (AvgIpc) is 3.50. The quantitative estimate of drug-likeness (QED) is 0.279. The van der Waals surface area contributed by atoms with Crippen LogP contribution in [0.3, 0.4) is 0 Å². The molecule has 0 bridgehead atoms. The Morgan fingerprint density at radius 1 is 0.703 bits per heavy atom. The van der Waals surface area contributed by atoms with Crippen LogP contribution < -0.4 is 10.2 Å². The molecule has 37 heavy (non-hydrogen) atoms. The maximum Gasteiger partial charge on any atom is 0.224 e. The second-order valence-corrected chi connectivity index (χ2v) is 11.1. The molecule has 0 spiro atoms. The average molecular weight is 572 g/mol. The van der Waals surface area contributed by atoms with Crippen molar-refractivity contribution in [3.8, 4) is 0 Å². The van der Waals surface area contributed by atoms with Crippen molar-refractivity contribution in [2.24, 2.45) is 0 Å². The monoisotopic (exact) mass is 570 g/mol.